The molecule has 8 heteroatoms. The van der Waals surface area contributed by atoms with Gasteiger partial charge in [-0.3, -0.25) is 19.3 Å². The number of fused-ring (bicyclic) bond motifs is 1. The molecular formula is C19H14N2O4S2. The molecule has 4 rings (SSSR count). The number of rotatable bonds is 6. The van der Waals surface area contributed by atoms with Gasteiger partial charge in [-0.25, -0.2) is 4.98 Å². The van der Waals surface area contributed by atoms with Crippen LogP contribution in [0.25, 0.3) is 10.6 Å². The van der Waals surface area contributed by atoms with Crippen LogP contribution in [0.3, 0.4) is 0 Å². The number of hydrogen-bond donors (Lipinski definition) is 0. The fourth-order valence-electron chi connectivity index (χ4n) is 2.80. The van der Waals surface area contributed by atoms with E-state index >= 15 is 0 Å². The summed E-state index contributed by atoms with van der Waals surface area (Å²) in [6, 6.07) is 8.65. The predicted octanol–water partition coefficient (Wildman–Crippen LogP) is 3.25. The molecule has 0 unspecified atom stereocenters. The lowest BCUT2D eigenvalue weighted by atomic mass is 10.1. The topological polar surface area (TPSA) is 76.6 Å². The Morgan fingerprint density at radius 3 is 2.48 bits per heavy atom. The minimum absolute atomic E-state index is 0.0359. The first-order chi connectivity index (χ1) is 13.1. The van der Waals surface area contributed by atoms with E-state index in [1.807, 2.05) is 22.2 Å². The van der Waals surface area contributed by atoms with Crippen LogP contribution in [0.4, 0.5) is 0 Å². The Kier molecular flexibility index (Phi) is 4.83. The van der Waals surface area contributed by atoms with Crippen LogP contribution in [0.15, 0.2) is 46.5 Å². The molecule has 1 aromatic carbocycles. The number of imide groups is 1. The number of thiazole rings is 1. The number of aromatic nitrogens is 1. The number of esters is 1. The molecule has 0 N–H and O–H groups in total. The van der Waals surface area contributed by atoms with Crippen molar-refractivity contribution in [1.29, 1.82) is 0 Å². The number of carbonyl (C=O) groups is 3. The van der Waals surface area contributed by atoms with Crippen molar-refractivity contribution in [2.75, 3.05) is 13.2 Å². The maximum atomic E-state index is 12.2. The lowest BCUT2D eigenvalue weighted by Crippen LogP contribution is -2.33. The van der Waals surface area contributed by atoms with Crippen LogP contribution in [0.2, 0.25) is 0 Å². The summed E-state index contributed by atoms with van der Waals surface area (Å²) in [5.74, 6) is -1.15. The number of ether oxygens (including phenoxy) is 1. The molecule has 0 aliphatic carbocycles. The zero-order valence-corrected chi connectivity index (χ0v) is 15.7. The molecule has 0 spiro atoms. The van der Waals surface area contributed by atoms with Crippen molar-refractivity contribution in [3.8, 4) is 10.6 Å². The maximum absolute atomic E-state index is 12.2. The fourth-order valence-corrected chi connectivity index (χ4v) is 4.33. The van der Waals surface area contributed by atoms with Crippen LogP contribution < -0.4 is 0 Å². The molecular weight excluding hydrogens is 384 g/mol. The second-order valence-corrected chi connectivity index (χ2v) is 7.50. The summed E-state index contributed by atoms with van der Waals surface area (Å²) in [5.41, 5.74) is 2.46. The van der Waals surface area contributed by atoms with Gasteiger partial charge in [-0.15, -0.1) is 11.3 Å². The summed E-state index contributed by atoms with van der Waals surface area (Å²) in [4.78, 5) is 42.1. The van der Waals surface area contributed by atoms with Crippen molar-refractivity contribution in [2.24, 2.45) is 0 Å². The van der Waals surface area contributed by atoms with Gasteiger partial charge < -0.3 is 4.74 Å². The van der Waals surface area contributed by atoms with Crippen molar-refractivity contribution in [3.63, 3.8) is 0 Å². The molecule has 2 amide bonds. The molecule has 6 nitrogen and oxygen atoms in total. The third kappa shape index (κ3) is 3.54. The van der Waals surface area contributed by atoms with Gasteiger partial charge >= 0.3 is 5.97 Å². The van der Waals surface area contributed by atoms with Gasteiger partial charge in [-0.1, -0.05) is 12.1 Å². The third-order valence-electron chi connectivity index (χ3n) is 4.10. The van der Waals surface area contributed by atoms with E-state index < -0.39 is 5.97 Å². The Morgan fingerprint density at radius 2 is 1.81 bits per heavy atom. The van der Waals surface area contributed by atoms with Gasteiger partial charge in [0, 0.05) is 16.3 Å². The summed E-state index contributed by atoms with van der Waals surface area (Å²) < 4.78 is 5.19. The van der Waals surface area contributed by atoms with Crippen molar-refractivity contribution < 1.29 is 19.1 Å². The molecule has 0 bridgehead atoms. The lowest BCUT2D eigenvalue weighted by Gasteiger charge is -2.13. The van der Waals surface area contributed by atoms with E-state index in [9.17, 15) is 14.4 Å². The van der Waals surface area contributed by atoms with E-state index in [-0.39, 0.29) is 31.4 Å². The monoisotopic (exact) mass is 398 g/mol. The van der Waals surface area contributed by atoms with Crippen LogP contribution >= 0.6 is 22.7 Å². The van der Waals surface area contributed by atoms with E-state index in [0.29, 0.717) is 16.8 Å². The van der Waals surface area contributed by atoms with Crippen molar-refractivity contribution in [3.05, 3.63) is 63.3 Å². The van der Waals surface area contributed by atoms with Gasteiger partial charge in [0.15, 0.2) is 0 Å². The first-order valence-corrected chi connectivity index (χ1v) is 10.0. The molecule has 0 fully saturated rings. The number of benzene rings is 1. The van der Waals surface area contributed by atoms with E-state index in [1.54, 1.807) is 35.6 Å². The van der Waals surface area contributed by atoms with Crippen LogP contribution in [0.5, 0.6) is 0 Å². The highest BCUT2D eigenvalue weighted by Gasteiger charge is 2.34. The number of thiophene rings is 1. The molecule has 0 saturated carbocycles. The van der Waals surface area contributed by atoms with Gasteiger partial charge in [0.2, 0.25) is 0 Å². The van der Waals surface area contributed by atoms with Gasteiger partial charge in [0.25, 0.3) is 11.8 Å². The minimum Gasteiger partial charge on any atom is -0.463 e. The molecule has 0 saturated heterocycles. The van der Waals surface area contributed by atoms with Crippen LogP contribution in [0, 0.1) is 0 Å². The highest BCUT2D eigenvalue weighted by Crippen LogP contribution is 2.26. The Bertz CT molecular complexity index is 975. The van der Waals surface area contributed by atoms with E-state index in [2.05, 4.69) is 4.98 Å². The number of amides is 2. The zero-order chi connectivity index (χ0) is 18.8. The second kappa shape index (κ2) is 7.42. The zero-order valence-electron chi connectivity index (χ0n) is 14.1. The summed E-state index contributed by atoms with van der Waals surface area (Å²) in [7, 11) is 0. The Labute approximate surface area is 163 Å². The lowest BCUT2D eigenvalue weighted by molar-refractivity contribution is -0.143. The summed E-state index contributed by atoms with van der Waals surface area (Å²) in [5, 5.41) is 6.68. The molecule has 136 valence electrons. The highest BCUT2D eigenvalue weighted by atomic mass is 32.1. The average Bonchev–Trinajstić information content (AvgIpc) is 3.39. The first kappa shape index (κ1) is 17.6. The van der Waals surface area contributed by atoms with Gasteiger partial charge in [0.1, 0.15) is 11.6 Å². The first-order valence-electron chi connectivity index (χ1n) is 8.21. The third-order valence-corrected chi connectivity index (χ3v) is 5.72. The summed E-state index contributed by atoms with van der Waals surface area (Å²) >= 11 is 3.07. The standard InChI is InChI=1S/C19H14N2O4S2/c22-16(9-13-11-27-17(20-13)12-5-8-26-10-12)25-7-6-21-18(23)14-3-1-2-4-15(14)19(21)24/h1-5,8,10-11H,6-7,9H2. The van der Waals surface area contributed by atoms with E-state index in [1.165, 1.54) is 11.3 Å². The smallest absolute Gasteiger partial charge is 0.311 e. The largest absolute Gasteiger partial charge is 0.463 e. The Morgan fingerprint density at radius 1 is 1.07 bits per heavy atom. The normalized spacial score (nSPS) is 13.1. The number of carbonyl (C=O) groups excluding carboxylic acids is 3. The molecule has 3 heterocycles. The maximum Gasteiger partial charge on any atom is 0.311 e. The molecule has 0 atom stereocenters. The fraction of sp³-hybridized carbons (Fsp3) is 0.158. The summed E-state index contributed by atoms with van der Waals surface area (Å²) in [6.07, 6.45) is 0.0583. The van der Waals surface area contributed by atoms with Crippen molar-refractivity contribution in [1.82, 2.24) is 9.88 Å². The van der Waals surface area contributed by atoms with Gasteiger partial charge in [-0.2, -0.15) is 11.3 Å². The Hall–Kier alpha value is -2.84. The molecule has 1 aliphatic heterocycles. The molecule has 3 aromatic rings. The van der Waals surface area contributed by atoms with Gasteiger partial charge in [0.05, 0.1) is 29.8 Å². The van der Waals surface area contributed by atoms with Gasteiger partial charge in [-0.05, 0) is 23.6 Å². The Balaban J connectivity index is 1.29. The highest BCUT2D eigenvalue weighted by molar-refractivity contribution is 7.14. The minimum atomic E-state index is -0.436. The second-order valence-electron chi connectivity index (χ2n) is 5.86. The SMILES string of the molecule is O=C(Cc1csc(-c2ccsc2)n1)OCCN1C(=O)c2ccccc2C1=O. The molecule has 1 aliphatic rings. The van der Waals surface area contributed by atoms with Crippen LogP contribution in [-0.4, -0.2) is 40.8 Å². The quantitative estimate of drug-likeness (QED) is 0.471. The van der Waals surface area contributed by atoms with E-state index in [4.69, 9.17) is 4.74 Å². The number of hydrogen-bond acceptors (Lipinski definition) is 7. The molecule has 0 radical (unpaired) electrons. The average molecular weight is 398 g/mol. The van der Waals surface area contributed by atoms with Crippen molar-refractivity contribution in [2.45, 2.75) is 6.42 Å². The predicted molar refractivity (Wildman–Crippen MR) is 102 cm³/mol. The van der Waals surface area contributed by atoms with Crippen molar-refractivity contribution >= 4 is 40.5 Å². The number of nitrogens with zero attached hydrogens (tertiary/aromatic N) is 2. The summed E-state index contributed by atoms with van der Waals surface area (Å²) in [6.45, 7) is 0.00112. The van der Waals surface area contributed by atoms with E-state index in [0.717, 1.165) is 15.5 Å². The molecule has 27 heavy (non-hydrogen) atoms. The molecule has 2 aromatic heterocycles. The van der Waals surface area contributed by atoms with Crippen LogP contribution in [-0.2, 0) is 16.0 Å². The van der Waals surface area contributed by atoms with Crippen LogP contribution in [0.1, 0.15) is 26.4 Å².